The molecule has 2 bridgehead atoms. The van der Waals surface area contributed by atoms with Gasteiger partial charge in [-0.25, -0.2) is 0 Å². The Balaban J connectivity index is 2.24. The van der Waals surface area contributed by atoms with Gasteiger partial charge in [-0.2, -0.15) is 0 Å². The molecule has 15 heavy (non-hydrogen) atoms. The molecule has 0 heterocycles. The predicted octanol–water partition coefficient (Wildman–Crippen LogP) is -0.0833. The number of allylic oxidation sites excluding steroid dienone is 2. The summed E-state index contributed by atoms with van der Waals surface area (Å²) >= 11 is 0. The van der Waals surface area contributed by atoms with Crippen LogP contribution in [0.3, 0.4) is 0 Å². The van der Waals surface area contributed by atoms with Crippen molar-refractivity contribution in [2.75, 3.05) is 14.1 Å². The summed E-state index contributed by atoms with van der Waals surface area (Å²) in [5.41, 5.74) is 0. The van der Waals surface area contributed by atoms with Crippen LogP contribution in [0.5, 0.6) is 0 Å². The summed E-state index contributed by atoms with van der Waals surface area (Å²) in [5.74, 6) is 0.116. The molecule has 4 atom stereocenters. The Morgan fingerprint density at radius 2 is 1.40 bits per heavy atom. The van der Waals surface area contributed by atoms with E-state index in [0.29, 0.717) is 0 Å². The highest BCUT2D eigenvalue weighted by molar-refractivity contribution is 5.89. The van der Waals surface area contributed by atoms with Crippen molar-refractivity contribution in [2.45, 2.75) is 6.42 Å². The molecule has 4 nitrogen and oxygen atoms in total. The van der Waals surface area contributed by atoms with Gasteiger partial charge in [0.2, 0.25) is 11.8 Å². The molecule has 2 aliphatic rings. The number of carbonyl (C=O) groups is 2. The third-order valence-electron chi connectivity index (χ3n) is 3.56. The van der Waals surface area contributed by atoms with Gasteiger partial charge in [-0.3, -0.25) is 9.59 Å². The van der Waals surface area contributed by atoms with E-state index < -0.39 is 0 Å². The zero-order valence-corrected chi connectivity index (χ0v) is 8.99. The molecule has 2 aliphatic carbocycles. The van der Waals surface area contributed by atoms with Crippen LogP contribution in [0.25, 0.3) is 0 Å². The first-order valence-corrected chi connectivity index (χ1v) is 5.30. The minimum absolute atomic E-state index is 0.0135. The number of carbonyl (C=O) groups excluding carboxylic acids is 2. The van der Waals surface area contributed by atoms with Gasteiger partial charge in [0.25, 0.3) is 0 Å². The number of hydrogen-bond donors (Lipinski definition) is 2. The topological polar surface area (TPSA) is 58.2 Å². The molecule has 2 rings (SSSR count). The van der Waals surface area contributed by atoms with Crippen LogP contribution in [0, 0.1) is 23.7 Å². The molecular weight excluding hydrogens is 192 g/mol. The summed E-state index contributed by atoms with van der Waals surface area (Å²) in [6, 6.07) is 0. The molecule has 0 unspecified atom stereocenters. The summed E-state index contributed by atoms with van der Waals surface area (Å²) < 4.78 is 0. The molecule has 0 saturated heterocycles. The maximum absolute atomic E-state index is 11.7. The first kappa shape index (κ1) is 10.2. The summed E-state index contributed by atoms with van der Waals surface area (Å²) in [4.78, 5) is 23.4. The van der Waals surface area contributed by atoms with Crippen LogP contribution < -0.4 is 10.6 Å². The fourth-order valence-electron chi connectivity index (χ4n) is 2.87. The van der Waals surface area contributed by atoms with Crippen molar-refractivity contribution in [3.8, 4) is 0 Å². The summed E-state index contributed by atoms with van der Waals surface area (Å²) in [5, 5.41) is 5.30. The Kier molecular flexibility index (Phi) is 2.50. The Labute approximate surface area is 89.1 Å². The van der Waals surface area contributed by atoms with Crippen LogP contribution in [0.4, 0.5) is 0 Å². The lowest BCUT2D eigenvalue weighted by atomic mass is 9.82. The SMILES string of the molecule is CNC(=O)[C@@H]1[C@H](C(=O)NC)[C@H]2C=C[C@H]1C2. The first-order chi connectivity index (χ1) is 7.19. The van der Waals surface area contributed by atoms with Crippen molar-refractivity contribution in [1.29, 1.82) is 0 Å². The fourth-order valence-corrected chi connectivity index (χ4v) is 2.87. The number of hydrogen-bond acceptors (Lipinski definition) is 2. The monoisotopic (exact) mass is 208 g/mol. The maximum Gasteiger partial charge on any atom is 0.224 e. The molecule has 4 heteroatoms. The quantitative estimate of drug-likeness (QED) is 0.623. The standard InChI is InChI=1S/C11H16N2O2/c1-12-10(14)8-6-3-4-7(5-6)9(8)11(15)13-2/h3-4,6-9H,5H2,1-2H3,(H,12,14)(H,13,15)/t6-,7-,8-,9+/m0/s1. The first-order valence-electron chi connectivity index (χ1n) is 5.30. The van der Waals surface area contributed by atoms with E-state index in [2.05, 4.69) is 22.8 Å². The third-order valence-corrected chi connectivity index (χ3v) is 3.56. The molecule has 0 aromatic carbocycles. The second-order valence-corrected chi connectivity index (χ2v) is 4.23. The molecule has 1 saturated carbocycles. The highest BCUT2D eigenvalue weighted by atomic mass is 16.2. The van der Waals surface area contributed by atoms with Gasteiger partial charge in [0.1, 0.15) is 0 Å². The Hall–Kier alpha value is -1.32. The molecule has 2 N–H and O–H groups in total. The molecule has 2 amide bonds. The largest absolute Gasteiger partial charge is 0.359 e. The van der Waals surface area contributed by atoms with Crippen LogP contribution in [0.2, 0.25) is 0 Å². The van der Waals surface area contributed by atoms with Crippen molar-refractivity contribution in [3.63, 3.8) is 0 Å². The molecule has 1 fully saturated rings. The third kappa shape index (κ3) is 1.44. The molecule has 0 aliphatic heterocycles. The average Bonchev–Trinajstić information content (AvgIpc) is 2.86. The van der Waals surface area contributed by atoms with Gasteiger partial charge in [-0.05, 0) is 18.3 Å². The lowest BCUT2D eigenvalue weighted by Gasteiger charge is -2.24. The van der Waals surface area contributed by atoms with E-state index >= 15 is 0 Å². The van der Waals surface area contributed by atoms with Gasteiger partial charge in [0, 0.05) is 14.1 Å². The van der Waals surface area contributed by atoms with Crippen LogP contribution in [-0.2, 0) is 9.59 Å². The number of fused-ring (bicyclic) bond motifs is 2. The van der Waals surface area contributed by atoms with Crippen molar-refractivity contribution in [2.24, 2.45) is 23.7 Å². The zero-order chi connectivity index (χ0) is 11.0. The molecule has 0 aromatic heterocycles. The predicted molar refractivity (Wildman–Crippen MR) is 55.9 cm³/mol. The van der Waals surface area contributed by atoms with Gasteiger partial charge in [-0.15, -0.1) is 0 Å². The highest BCUT2D eigenvalue weighted by Gasteiger charge is 2.50. The Bertz CT molecular complexity index is 295. The molecule has 0 aromatic rings. The van der Waals surface area contributed by atoms with Crippen LogP contribution in [0.15, 0.2) is 12.2 Å². The normalized spacial score (nSPS) is 36.7. The van der Waals surface area contributed by atoms with Crippen LogP contribution >= 0.6 is 0 Å². The van der Waals surface area contributed by atoms with E-state index in [1.165, 1.54) is 0 Å². The van der Waals surface area contributed by atoms with Crippen LogP contribution in [-0.4, -0.2) is 25.9 Å². The minimum atomic E-state index is -0.176. The van der Waals surface area contributed by atoms with Crippen LogP contribution in [0.1, 0.15) is 6.42 Å². The summed E-state index contributed by atoms with van der Waals surface area (Å²) in [6.07, 6.45) is 5.09. The Morgan fingerprint density at radius 1 is 1.00 bits per heavy atom. The van der Waals surface area contributed by atoms with E-state index in [1.54, 1.807) is 14.1 Å². The average molecular weight is 208 g/mol. The number of amides is 2. The van der Waals surface area contributed by atoms with Gasteiger partial charge < -0.3 is 10.6 Å². The molecule has 0 spiro atoms. The fraction of sp³-hybridized carbons (Fsp3) is 0.636. The van der Waals surface area contributed by atoms with Gasteiger partial charge in [-0.1, -0.05) is 12.2 Å². The van der Waals surface area contributed by atoms with E-state index in [1.807, 2.05) is 0 Å². The van der Waals surface area contributed by atoms with Gasteiger partial charge >= 0.3 is 0 Å². The lowest BCUT2D eigenvalue weighted by molar-refractivity contribution is -0.134. The van der Waals surface area contributed by atoms with E-state index in [-0.39, 0.29) is 35.5 Å². The zero-order valence-electron chi connectivity index (χ0n) is 8.99. The maximum atomic E-state index is 11.7. The smallest absolute Gasteiger partial charge is 0.224 e. The minimum Gasteiger partial charge on any atom is -0.359 e. The lowest BCUT2D eigenvalue weighted by Crippen LogP contribution is -2.42. The molecule has 0 radical (unpaired) electrons. The van der Waals surface area contributed by atoms with Crippen molar-refractivity contribution in [1.82, 2.24) is 10.6 Å². The summed E-state index contributed by atoms with van der Waals surface area (Å²) in [7, 11) is 3.25. The van der Waals surface area contributed by atoms with Gasteiger partial charge in [0.15, 0.2) is 0 Å². The van der Waals surface area contributed by atoms with E-state index in [0.717, 1.165) is 6.42 Å². The summed E-state index contributed by atoms with van der Waals surface area (Å²) in [6.45, 7) is 0. The number of nitrogens with one attached hydrogen (secondary N) is 2. The Morgan fingerprint density at radius 3 is 1.73 bits per heavy atom. The second-order valence-electron chi connectivity index (χ2n) is 4.23. The van der Waals surface area contributed by atoms with Crippen molar-refractivity contribution < 1.29 is 9.59 Å². The van der Waals surface area contributed by atoms with Gasteiger partial charge in [0.05, 0.1) is 11.8 Å². The van der Waals surface area contributed by atoms with E-state index in [4.69, 9.17) is 0 Å². The van der Waals surface area contributed by atoms with Crippen molar-refractivity contribution in [3.05, 3.63) is 12.2 Å². The molecule has 82 valence electrons. The highest BCUT2D eigenvalue weighted by Crippen LogP contribution is 2.48. The van der Waals surface area contributed by atoms with Crippen molar-refractivity contribution >= 4 is 11.8 Å². The second kappa shape index (κ2) is 3.68. The van der Waals surface area contributed by atoms with E-state index in [9.17, 15) is 9.59 Å². The molecular formula is C11H16N2O2. The number of rotatable bonds is 2.